The summed E-state index contributed by atoms with van der Waals surface area (Å²) in [5.74, 6) is -0.403. The Morgan fingerprint density at radius 1 is 1.21 bits per heavy atom. The van der Waals surface area contributed by atoms with Crippen molar-refractivity contribution < 1.29 is 19.6 Å². The third-order valence-electron chi connectivity index (χ3n) is 1.69. The third-order valence-corrected chi connectivity index (χ3v) is 1.69. The van der Waals surface area contributed by atoms with Crippen LogP contribution in [0.15, 0.2) is 0 Å². The van der Waals surface area contributed by atoms with Crippen LogP contribution >= 0.6 is 0 Å². The van der Waals surface area contributed by atoms with Crippen LogP contribution in [0.4, 0.5) is 0 Å². The van der Waals surface area contributed by atoms with Gasteiger partial charge in [0, 0.05) is 6.42 Å². The second-order valence-electron chi connectivity index (χ2n) is 3.87. The molecule has 0 aromatic carbocycles. The minimum absolute atomic E-state index is 0.345. The van der Waals surface area contributed by atoms with Crippen molar-refractivity contribution in [1.82, 2.24) is 0 Å². The van der Waals surface area contributed by atoms with Crippen LogP contribution in [-0.4, -0.2) is 11.6 Å². The highest BCUT2D eigenvalue weighted by molar-refractivity contribution is 5.68. The molecule has 0 amide bonds. The highest BCUT2D eigenvalue weighted by atomic mass is 17.5. The summed E-state index contributed by atoms with van der Waals surface area (Å²) >= 11 is 0. The van der Waals surface area contributed by atoms with Gasteiger partial charge in [0.05, 0.1) is 0 Å². The van der Waals surface area contributed by atoms with Gasteiger partial charge in [-0.1, -0.05) is 20.3 Å². The van der Waals surface area contributed by atoms with E-state index in [1.807, 2.05) is 27.7 Å². The molecule has 0 bridgehead atoms. The molecule has 4 heteroatoms. The van der Waals surface area contributed by atoms with E-state index in [1.165, 1.54) is 0 Å². The molecule has 0 aliphatic carbocycles. The zero-order chi connectivity index (χ0) is 11.0. The van der Waals surface area contributed by atoms with Crippen molar-refractivity contribution in [3.63, 3.8) is 0 Å². The summed E-state index contributed by atoms with van der Waals surface area (Å²) in [5.41, 5.74) is -0.415. The highest BCUT2D eigenvalue weighted by Crippen LogP contribution is 2.16. The first-order valence-electron chi connectivity index (χ1n) is 5.07. The molecule has 0 rings (SSSR count). The predicted octanol–water partition coefficient (Wildman–Crippen LogP) is 2.77. The summed E-state index contributed by atoms with van der Waals surface area (Å²) in [7, 11) is 0. The van der Waals surface area contributed by atoms with Crippen LogP contribution in [0.5, 0.6) is 0 Å². The molecule has 4 nitrogen and oxygen atoms in total. The summed E-state index contributed by atoms with van der Waals surface area (Å²) in [6.45, 7) is 7.70. The second kappa shape index (κ2) is 6.79. The molecule has 84 valence electrons. The van der Waals surface area contributed by atoms with Gasteiger partial charge in [-0.15, -0.1) is 0 Å². The van der Waals surface area contributed by atoms with Gasteiger partial charge in [-0.25, -0.2) is 4.79 Å². The largest absolute Gasteiger partial charge is 0.345 e. The minimum atomic E-state index is -0.415. The van der Waals surface area contributed by atoms with E-state index in [2.05, 4.69) is 9.93 Å². The molecule has 0 spiro atoms. The highest BCUT2D eigenvalue weighted by Gasteiger charge is 2.19. The SMILES string of the molecule is CCCC(=O)OOOC(C)(C)CCC. The molecule has 0 aliphatic heterocycles. The molecule has 0 N–H and O–H groups in total. The van der Waals surface area contributed by atoms with Gasteiger partial charge >= 0.3 is 5.97 Å². The number of rotatable bonds is 7. The van der Waals surface area contributed by atoms with Crippen LogP contribution in [-0.2, 0) is 19.6 Å². The molecular weight excluding hydrogens is 184 g/mol. The Balaban J connectivity index is 3.57. The van der Waals surface area contributed by atoms with E-state index in [4.69, 9.17) is 4.89 Å². The molecule has 0 unspecified atom stereocenters. The lowest BCUT2D eigenvalue weighted by atomic mass is 10.0. The zero-order valence-electron chi connectivity index (χ0n) is 9.46. The number of hydrogen-bond acceptors (Lipinski definition) is 4. The first-order chi connectivity index (χ1) is 6.52. The number of carbonyl (C=O) groups is 1. The fourth-order valence-electron chi connectivity index (χ4n) is 1.04. The van der Waals surface area contributed by atoms with Gasteiger partial charge in [0.25, 0.3) is 0 Å². The van der Waals surface area contributed by atoms with Gasteiger partial charge in [0.2, 0.25) is 0 Å². The maximum Gasteiger partial charge on any atom is 0.345 e. The first kappa shape index (κ1) is 13.4. The maximum atomic E-state index is 10.9. The van der Waals surface area contributed by atoms with Crippen molar-refractivity contribution in [1.29, 1.82) is 0 Å². The fraction of sp³-hybridized carbons (Fsp3) is 0.900. The van der Waals surface area contributed by atoms with Gasteiger partial charge in [-0.05, 0) is 31.7 Å². The second-order valence-corrected chi connectivity index (χ2v) is 3.87. The Bertz CT molecular complexity index is 166. The molecule has 14 heavy (non-hydrogen) atoms. The van der Waals surface area contributed by atoms with Crippen molar-refractivity contribution in [2.24, 2.45) is 0 Å². The summed E-state index contributed by atoms with van der Waals surface area (Å²) in [6.07, 6.45) is 2.91. The van der Waals surface area contributed by atoms with E-state index in [-0.39, 0.29) is 0 Å². The molecule has 0 aliphatic rings. The molecule has 0 saturated heterocycles. The van der Waals surface area contributed by atoms with Gasteiger partial charge in [-0.3, -0.25) is 4.89 Å². The monoisotopic (exact) mass is 204 g/mol. The van der Waals surface area contributed by atoms with E-state index in [9.17, 15) is 4.79 Å². The van der Waals surface area contributed by atoms with E-state index >= 15 is 0 Å². The van der Waals surface area contributed by atoms with Crippen molar-refractivity contribution in [3.8, 4) is 0 Å². The Morgan fingerprint density at radius 2 is 1.86 bits per heavy atom. The van der Waals surface area contributed by atoms with Gasteiger partial charge in [0.1, 0.15) is 5.60 Å². The van der Waals surface area contributed by atoms with Crippen molar-refractivity contribution in [3.05, 3.63) is 0 Å². The van der Waals surface area contributed by atoms with E-state index < -0.39 is 11.6 Å². The lowest BCUT2D eigenvalue weighted by Gasteiger charge is -2.20. The quantitative estimate of drug-likeness (QED) is 0.472. The van der Waals surface area contributed by atoms with E-state index in [1.54, 1.807) is 0 Å². The topological polar surface area (TPSA) is 44.8 Å². The van der Waals surface area contributed by atoms with Gasteiger partial charge < -0.3 is 0 Å². The van der Waals surface area contributed by atoms with Crippen LogP contribution in [0.25, 0.3) is 0 Å². The van der Waals surface area contributed by atoms with Crippen LogP contribution in [0.3, 0.4) is 0 Å². The van der Waals surface area contributed by atoms with Crippen LogP contribution < -0.4 is 0 Å². The van der Waals surface area contributed by atoms with E-state index in [0.29, 0.717) is 6.42 Å². The minimum Gasteiger partial charge on any atom is -0.269 e. The molecule has 0 saturated carbocycles. The van der Waals surface area contributed by atoms with Crippen molar-refractivity contribution >= 4 is 5.97 Å². The van der Waals surface area contributed by atoms with Crippen LogP contribution in [0, 0.1) is 0 Å². The Labute approximate surface area is 85.4 Å². The molecule has 0 heterocycles. The van der Waals surface area contributed by atoms with Gasteiger partial charge in [0.15, 0.2) is 0 Å². The average Bonchev–Trinajstić information content (AvgIpc) is 2.03. The summed E-state index contributed by atoms with van der Waals surface area (Å²) in [4.78, 5) is 20.2. The number of hydrogen-bond donors (Lipinski definition) is 0. The molecule has 0 atom stereocenters. The molecular formula is C10H20O4. The predicted molar refractivity (Wildman–Crippen MR) is 52.2 cm³/mol. The standard InChI is InChI=1S/C10H20O4/c1-5-7-9(11)12-14-13-10(3,4)8-6-2/h5-8H2,1-4H3. The fourth-order valence-corrected chi connectivity index (χ4v) is 1.04. The lowest BCUT2D eigenvalue weighted by molar-refractivity contribution is -0.517. The zero-order valence-corrected chi connectivity index (χ0v) is 9.46. The summed E-state index contributed by atoms with van der Waals surface area (Å²) in [6, 6.07) is 0. The number of carbonyl (C=O) groups excluding carboxylic acids is 1. The van der Waals surface area contributed by atoms with E-state index in [0.717, 1.165) is 19.3 Å². The lowest BCUT2D eigenvalue weighted by Crippen LogP contribution is -2.25. The normalized spacial score (nSPS) is 11.4. The molecule has 0 aromatic heterocycles. The Morgan fingerprint density at radius 3 is 2.36 bits per heavy atom. The smallest absolute Gasteiger partial charge is 0.269 e. The summed E-state index contributed by atoms with van der Waals surface area (Å²) in [5, 5.41) is 4.42. The molecule has 0 aromatic rings. The molecule has 0 radical (unpaired) electrons. The first-order valence-corrected chi connectivity index (χ1v) is 5.07. The van der Waals surface area contributed by atoms with Crippen LogP contribution in [0.2, 0.25) is 0 Å². The van der Waals surface area contributed by atoms with Crippen molar-refractivity contribution in [2.75, 3.05) is 0 Å². The maximum absolute atomic E-state index is 10.9. The Hall–Kier alpha value is -0.610. The van der Waals surface area contributed by atoms with Gasteiger partial charge in [-0.2, -0.15) is 4.89 Å². The van der Waals surface area contributed by atoms with Crippen LogP contribution in [0.1, 0.15) is 53.4 Å². The Kier molecular flexibility index (Phi) is 6.49. The molecule has 0 fully saturated rings. The third kappa shape index (κ3) is 6.86. The van der Waals surface area contributed by atoms with Crippen molar-refractivity contribution in [2.45, 2.75) is 59.0 Å². The summed E-state index contributed by atoms with van der Waals surface area (Å²) < 4.78 is 0. The average molecular weight is 204 g/mol.